The van der Waals surface area contributed by atoms with Crippen LogP contribution >= 0.6 is 11.8 Å². The van der Waals surface area contributed by atoms with Gasteiger partial charge in [-0.15, -0.1) is 0 Å². The number of carbonyl (C=O) groups is 2. The van der Waals surface area contributed by atoms with Crippen molar-refractivity contribution in [2.45, 2.75) is 65.7 Å². The molecule has 0 spiro atoms. The number of amides is 2. The lowest BCUT2D eigenvalue weighted by Crippen LogP contribution is -2.29. The summed E-state index contributed by atoms with van der Waals surface area (Å²) in [6.45, 7) is 8.63. The first-order valence-corrected chi connectivity index (χ1v) is 11.0. The quantitative estimate of drug-likeness (QED) is 0.729. The zero-order valence-electron chi connectivity index (χ0n) is 16.6. The van der Waals surface area contributed by atoms with Gasteiger partial charge in [0, 0.05) is 25.9 Å². The summed E-state index contributed by atoms with van der Waals surface area (Å²) in [7, 11) is 0. The molecule has 0 saturated carbocycles. The van der Waals surface area contributed by atoms with E-state index in [2.05, 4.69) is 25.8 Å². The monoisotopic (exact) mass is 387 g/mol. The highest BCUT2D eigenvalue weighted by Crippen LogP contribution is 2.52. The van der Waals surface area contributed by atoms with E-state index in [0.29, 0.717) is 24.6 Å². The smallest absolute Gasteiger partial charge is 0.261 e. The van der Waals surface area contributed by atoms with Crippen LogP contribution < -0.4 is 0 Å². The molecule has 0 aromatic rings. The molecule has 4 rings (SSSR count). The number of carbonyl (C=O) groups excluding carboxylic acids is 2. The van der Waals surface area contributed by atoms with Gasteiger partial charge in [0.2, 0.25) is 5.91 Å². The molecule has 0 bridgehead atoms. The molecule has 1 fully saturated rings. The van der Waals surface area contributed by atoms with Crippen molar-refractivity contribution < 1.29 is 9.59 Å². The predicted molar refractivity (Wildman–Crippen MR) is 110 cm³/mol. The number of hydrogen-bond donors (Lipinski definition) is 0. The second-order valence-corrected chi connectivity index (χ2v) is 10.3. The Balaban J connectivity index is 1.42. The van der Waals surface area contributed by atoms with E-state index in [1.165, 1.54) is 10.5 Å². The van der Waals surface area contributed by atoms with Crippen molar-refractivity contribution >= 4 is 34.5 Å². The maximum Gasteiger partial charge on any atom is 0.261 e. The molecule has 0 N–H and O–H groups in total. The van der Waals surface area contributed by atoms with Crippen LogP contribution in [0.25, 0.3) is 0 Å². The zero-order valence-corrected chi connectivity index (χ0v) is 17.4. The van der Waals surface area contributed by atoms with Gasteiger partial charge in [-0.3, -0.25) is 9.59 Å². The molecule has 4 aliphatic rings. The number of nitrogens with zero attached hydrogens (tertiary/aromatic N) is 3. The Morgan fingerprint density at radius 1 is 1.22 bits per heavy atom. The molecule has 6 heteroatoms. The molecule has 27 heavy (non-hydrogen) atoms. The van der Waals surface area contributed by atoms with Gasteiger partial charge in [-0.2, -0.15) is 4.99 Å². The van der Waals surface area contributed by atoms with Gasteiger partial charge in [-0.1, -0.05) is 32.5 Å². The van der Waals surface area contributed by atoms with E-state index < -0.39 is 0 Å². The molecular weight excluding hydrogens is 358 g/mol. The van der Waals surface area contributed by atoms with Gasteiger partial charge in [-0.05, 0) is 53.9 Å². The van der Waals surface area contributed by atoms with Crippen LogP contribution in [-0.4, -0.2) is 40.7 Å². The van der Waals surface area contributed by atoms with Crippen LogP contribution in [0.4, 0.5) is 0 Å². The third-order valence-corrected chi connectivity index (χ3v) is 7.56. The Kier molecular flexibility index (Phi) is 5.04. The highest BCUT2D eigenvalue weighted by atomic mass is 32.2. The van der Waals surface area contributed by atoms with Crippen molar-refractivity contribution in [3.63, 3.8) is 0 Å². The lowest BCUT2D eigenvalue weighted by Gasteiger charge is -2.34. The van der Waals surface area contributed by atoms with Gasteiger partial charge < -0.3 is 4.90 Å². The number of amidine groups is 1. The minimum atomic E-state index is -0.232. The van der Waals surface area contributed by atoms with Crippen LogP contribution in [-0.2, 0) is 9.59 Å². The van der Waals surface area contributed by atoms with Crippen molar-refractivity contribution in [1.82, 2.24) is 4.90 Å². The Hall–Kier alpha value is -1.43. The summed E-state index contributed by atoms with van der Waals surface area (Å²) in [5, 5.41) is 0.901. The Morgan fingerprint density at radius 3 is 2.67 bits per heavy atom. The van der Waals surface area contributed by atoms with Gasteiger partial charge in [0.05, 0.1) is 5.04 Å². The van der Waals surface area contributed by atoms with E-state index in [0.717, 1.165) is 50.2 Å². The van der Waals surface area contributed by atoms with E-state index in [4.69, 9.17) is 4.99 Å². The van der Waals surface area contributed by atoms with Crippen LogP contribution in [0.5, 0.6) is 0 Å². The van der Waals surface area contributed by atoms with Crippen molar-refractivity contribution in [2.75, 3.05) is 13.1 Å². The van der Waals surface area contributed by atoms with Gasteiger partial charge in [-0.25, -0.2) is 4.99 Å². The first-order chi connectivity index (χ1) is 12.8. The number of likely N-dealkylation sites (tertiary alicyclic amines) is 1. The fourth-order valence-electron chi connectivity index (χ4n) is 4.55. The number of thioether (sulfide) groups is 1. The minimum Gasteiger partial charge on any atom is -0.343 e. The maximum atomic E-state index is 12.7. The SMILES string of the molecule is CC(C)(C)C1CCC2=C(C1)SC1=NC(CCC(=O)N3CCCC3)=NC(=O)C12. The van der Waals surface area contributed by atoms with E-state index >= 15 is 0 Å². The van der Waals surface area contributed by atoms with Crippen LogP contribution in [0.3, 0.4) is 0 Å². The standard InChI is InChI=1S/C21H29N3O2S/c1-21(2,3)13-6-7-14-15(12-13)27-20-18(14)19(26)22-16(23-20)8-9-17(25)24-10-4-5-11-24/h13,18H,4-12H2,1-3H3. The summed E-state index contributed by atoms with van der Waals surface area (Å²) in [6.07, 6.45) is 6.23. The molecule has 0 aromatic heterocycles. The largest absolute Gasteiger partial charge is 0.343 e. The number of allylic oxidation sites excluding steroid dienone is 1. The highest BCUT2D eigenvalue weighted by molar-refractivity contribution is 8.17. The number of aliphatic imine (C=N–C) groups is 2. The van der Waals surface area contributed by atoms with Crippen LogP contribution in [0.15, 0.2) is 20.5 Å². The lowest BCUT2D eigenvalue weighted by atomic mass is 9.71. The van der Waals surface area contributed by atoms with Gasteiger partial charge in [0.1, 0.15) is 11.8 Å². The van der Waals surface area contributed by atoms with Gasteiger partial charge in [0.25, 0.3) is 5.91 Å². The summed E-state index contributed by atoms with van der Waals surface area (Å²) < 4.78 is 0. The average Bonchev–Trinajstić information content (AvgIpc) is 3.25. The van der Waals surface area contributed by atoms with E-state index in [-0.39, 0.29) is 23.1 Å². The fourth-order valence-corrected chi connectivity index (χ4v) is 5.95. The van der Waals surface area contributed by atoms with Crippen LogP contribution in [0, 0.1) is 17.3 Å². The first kappa shape index (κ1) is 18.9. The fraction of sp³-hybridized carbons (Fsp3) is 0.714. The zero-order chi connectivity index (χ0) is 19.2. The topological polar surface area (TPSA) is 62.1 Å². The summed E-state index contributed by atoms with van der Waals surface area (Å²) in [5.74, 6) is 1.05. The molecule has 3 heterocycles. The Bertz CT molecular complexity index is 754. The number of hydrogen-bond acceptors (Lipinski definition) is 4. The average molecular weight is 388 g/mol. The summed E-state index contributed by atoms with van der Waals surface area (Å²) >= 11 is 1.70. The lowest BCUT2D eigenvalue weighted by molar-refractivity contribution is -0.130. The molecule has 1 aliphatic carbocycles. The molecule has 2 amide bonds. The number of rotatable bonds is 3. The summed E-state index contributed by atoms with van der Waals surface area (Å²) in [4.78, 5) is 37.2. The Labute approximate surface area is 165 Å². The maximum absolute atomic E-state index is 12.7. The van der Waals surface area contributed by atoms with Crippen molar-refractivity contribution in [3.05, 3.63) is 10.5 Å². The molecule has 5 nitrogen and oxygen atoms in total. The van der Waals surface area contributed by atoms with Crippen molar-refractivity contribution in [3.8, 4) is 0 Å². The van der Waals surface area contributed by atoms with E-state index in [9.17, 15) is 9.59 Å². The van der Waals surface area contributed by atoms with E-state index in [1.54, 1.807) is 11.8 Å². The third-order valence-electron chi connectivity index (χ3n) is 6.35. The normalized spacial score (nSPS) is 28.1. The Morgan fingerprint density at radius 2 is 1.96 bits per heavy atom. The van der Waals surface area contributed by atoms with E-state index in [1.807, 2.05) is 4.90 Å². The molecule has 0 aromatic carbocycles. The molecule has 2 unspecified atom stereocenters. The van der Waals surface area contributed by atoms with Gasteiger partial charge in [0.15, 0.2) is 0 Å². The second kappa shape index (κ2) is 7.19. The predicted octanol–water partition coefficient (Wildman–Crippen LogP) is 4.19. The molecule has 1 saturated heterocycles. The first-order valence-electron chi connectivity index (χ1n) is 10.2. The number of fused-ring (bicyclic) bond motifs is 2. The minimum absolute atomic E-state index is 0.0738. The summed E-state index contributed by atoms with van der Waals surface area (Å²) in [5.41, 5.74) is 1.55. The molecule has 2 atom stereocenters. The molecule has 146 valence electrons. The highest BCUT2D eigenvalue weighted by Gasteiger charge is 2.43. The third kappa shape index (κ3) is 3.78. The van der Waals surface area contributed by atoms with Crippen LogP contribution in [0.2, 0.25) is 0 Å². The molecular formula is C21H29N3O2S. The molecule has 3 aliphatic heterocycles. The van der Waals surface area contributed by atoms with Gasteiger partial charge >= 0.3 is 0 Å². The van der Waals surface area contributed by atoms with Crippen molar-refractivity contribution in [1.29, 1.82) is 0 Å². The van der Waals surface area contributed by atoms with Crippen molar-refractivity contribution in [2.24, 2.45) is 27.2 Å². The summed E-state index contributed by atoms with van der Waals surface area (Å²) in [6, 6.07) is 0. The molecule has 0 radical (unpaired) electrons. The van der Waals surface area contributed by atoms with Crippen LogP contribution in [0.1, 0.15) is 65.7 Å². The second-order valence-electron chi connectivity index (χ2n) is 9.19.